The van der Waals surface area contributed by atoms with Crippen LogP contribution in [0.4, 0.5) is 8.78 Å². The Labute approximate surface area is 183 Å². The van der Waals surface area contributed by atoms with Gasteiger partial charge in [-0.2, -0.15) is 0 Å². The molecule has 0 heterocycles. The highest BCUT2D eigenvalue weighted by Gasteiger charge is 2.37. The van der Waals surface area contributed by atoms with Gasteiger partial charge in [0.1, 0.15) is 0 Å². The van der Waals surface area contributed by atoms with Crippen LogP contribution in [0.25, 0.3) is 0 Å². The number of benzene rings is 1. The van der Waals surface area contributed by atoms with Crippen molar-refractivity contribution in [2.45, 2.75) is 116 Å². The average molecular weight is 417 g/mol. The van der Waals surface area contributed by atoms with E-state index < -0.39 is 11.6 Å². The Balaban J connectivity index is 1.41. The molecular formula is C28H42F2. The van der Waals surface area contributed by atoms with Crippen LogP contribution in [0.15, 0.2) is 6.07 Å². The van der Waals surface area contributed by atoms with Crippen LogP contribution in [0, 0.1) is 35.3 Å². The largest absolute Gasteiger partial charge is 0.203 e. The van der Waals surface area contributed by atoms with Crippen LogP contribution >= 0.6 is 0 Å². The van der Waals surface area contributed by atoms with Crippen LogP contribution in [-0.4, -0.2) is 0 Å². The molecule has 2 saturated carbocycles. The number of fused-ring (bicyclic) bond motifs is 2. The maximum absolute atomic E-state index is 15.2. The van der Waals surface area contributed by atoms with E-state index in [9.17, 15) is 0 Å². The summed E-state index contributed by atoms with van der Waals surface area (Å²) >= 11 is 0. The molecule has 0 radical (unpaired) electrons. The number of rotatable bonds is 7. The Morgan fingerprint density at radius 2 is 1.63 bits per heavy atom. The molecule has 1 aromatic rings. The van der Waals surface area contributed by atoms with Crippen LogP contribution in [0.1, 0.15) is 120 Å². The van der Waals surface area contributed by atoms with E-state index in [0.29, 0.717) is 17.0 Å². The molecule has 3 aliphatic rings. The molecule has 30 heavy (non-hydrogen) atoms. The van der Waals surface area contributed by atoms with Crippen molar-refractivity contribution in [1.29, 1.82) is 0 Å². The quantitative estimate of drug-likeness (QED) is 0.390. The number of hydrogen-bond donors (Lipinski definition) is 0. The molecule has 0 N–H and O–H groups in total. The lowest BCUT2D eigenvalue weighted by Crippen LogP contribution is -2.30. The first-order valence-corrected chi connectivity index (χ1v) is 13.1. The van der Waals surface area contributed by atoms with Gasteiger partial charge in [-0.25, -0.2) is 8.78 Å². The smallest absolute Gasteiger partial charge is 0.162 e. The van der Waals surface area contributed by atoms with Crippen molar-refractivity contribution < 1.29 is 8.78 Å². The molecular weight excluding hydrogens is 374 g/mol. The van der Waals surface area contributed by atoms with E-state index in [-0.39, 0.29) is 5.92 Å². The highest BCUT2D eigenvalue weighted by Crippen LogP contribution is 2.48. The van der Waals surface area contributed by atoms with Gasteiger partial charge in [-0.1, -0.05) is 64.9 Å². The fraction of sp³-hybridized carbons (Fsp3) is 0.786. The van der Waals surface area contributed by atoms with Crippen molar-refractivity contribution in [1.82, 2.24) is 0 Å². The van der Waals surface area contributed by atoms with Crippen molar-refractivity contribution in [2.24, 2.45) is 23.7 Å². The van der Waals surface area contributed by atoms with Gasteiger partial charge in [-0.3, -0.25) is 0 Å². The number of halogens is 2. The minimum atomic E-state index is -0.509. The van der Waals surface area contributed by atoms with Crippen LogP contribution in [-0.2, 0) is 12.8 Å². The molecule has 5 atom stereocenters. The third kappa shape index (κ3) is 4.94. The molecule has 0 nitrogen and oxygen atoms in total. The zero-order chi connectivity index (χ0) is 21.1. The number of hydrogen-bond acceptors (Lipinski definition) is 0. The summed E-state index contributed by atoms with van der Waals surface area (Å²) in [6.07, 6.45) is 17.7. The third-order valence-electron chi connectivity index (χ3n) is 8.77. The molecule has 1 aromatic carbocycles. The fourth-order valence-electron chi connectivity index (χ4n) is 6.92. The zero-order valence-corrected chi connectivity index (χ0v) is 19.3. The van der Waals surface area contributed by atoms with Crippen molar-refractivity contribution in [3.8, 4) is 0 Å². The molecule has 168 valence electrons. The highest BCUT2D eigenvalue weighted by molar-refractivity contribution is 5.38. The SMILES string of the molecule is CCCCCCCC1CCc2cc(C3CCC4CC(C)CCC4C3)c(F)c(F)c2C1. The van der Waals surface area contributed by atoms with E-state index in [2.05, 4.69) is 19.9 Å². The standard InChI is InChI=1S/C28H42F2/c1-3-4-5-6-7-8-20-10-12-24-18-26(28(30)27(29)25(24)16-20)23-14-13-21-15-19(2)9-11-22(21)17-23/h18-23H,3-17H2,1-2H3. The summed E-state index contributed by atoms with van der Waals surface area (Å²) < 4.78 is 30.4. The maximum atomic E-state index is 15.2. The Hall–Kier alpha value is -0.920. The van der Waals surface area contributed by atoms with Gasteiger partial charge < -0.3 is 0 Å². The first kappa shape index (κ1) is 22.3. The third-order valence-corrected chi connectivity index (χ3v) is 8.77. The Kier molecular flexibility index (Phi) is 7.53. The van der Waals surface area contributed by atoms with Gasteiger partial charge in [-0.15, -0.1) is 0 Å². The van der Waals surface area contributed by atoms with Gasteiger partial charge in [0.05, 0.1) is 0 Å². The highest BCUT2D eigenvalue weighted by atomic mass is 19.2. The van der Waals surface area contributed by atoms with Gasteiger partial charge in [0.25, 0.3) is 0 Å². The summed E-state index contributed by atoms with van der Waals surface area (Å²) in [5.74, 6) is 2.17. The number of aryl methyl sites for hydroxylation is 1. The summed E-state index contributed by atoms with van der Waals surface area (Å²) in [7, 11) is 0. The van der Waals surface area contributed by atoms with Crippen molar-refractivity contribution in [3.63, 3.8) is 0 Å². The molecule has 0 saturated heterocycles. The summed E-state index contributed by atoms with van der Waals surface area (Å²) in [6.45, 7) is 4.62. The minimum absolute atomic E-state index is 0.232. The molecule has 0 aliphatic heterocycles. The lowest BCUT2D eigenvalue weighted by Gasteiger charge is -2.42. The first-order chi connectivity index (χ1) is 14.6. The fourth-order valence-corrected chi connectivity index (χ4v) is 6.92. The van der Waals surface area contributed by atoms with Crippen molar-refractivity contribution in [2.75, 3.05) is 0 Å². The topological polar surface area (TPSA) is 0 Å². The summed E-state index contributed by atoms with van der Waals surface area (Å²) in [5, 5.41) is 0. The monoisotopic (exact) mass is 416 g/mol. The maximum Gasteiger partial charge on any atom is 0.162 e. The molecule has 0 aromatic heterocycles. The summed E-state index contributed by atoms with van der Waals surface area (Å²) in [6, 6.07) is 2.08. The van der Waals surface area contributed by atoms with Gasteiger partial charge in [0.15, 0.2) is 11.6 Å². The van der Waals surface area contributed by atoms with Crippen LogP contribution in [0.5, 0.6) is 0 Å². The van der Waals surface area contributed by atoms with E-state index in [1.54, 1.807) is 0 Å². The van der Waals surface area contributed by atoms with E-state index in [1.165, 1.54) is 64.2 Å². The lowest BCUT2D eigenvalue weighted by molar-refractivity contribution is 0.123. The molecule has 4 rings (SSSR count). The van der Waals surface area contributed by atoms with Crippen LogP contribution < -0.4 is 0 Å². The molecule has 0 spiro atoms. The van der Waals surface area contributed by atoms with Crippen LogP contribution in [0.2, 0.25) is 0 Å². The Morgan fingerprint density at radius 3 is 2.47 bits per heavy atom. The zero-order valence-electron chi connectivity index (χ0n) is 19.3. The predicted molar refractivity (Wildman–Crippen MR) is 122 cm³/mol. The molecule has 2 heteroatoms. The van der Waals surface area contributed by atoms with E-state index in [4.69, 9.17) is 0 Å². The minimum Gasteiger partial charge on any atom is -0.203 e. The first-order valence-electron chi connectivity index (χ1n) is 13.1. The Bertz CT molecular complexity index is 709. The normalized spacial score (nSPS) is 31.3. The summed E-state index contributed by atoms with van der Waals surface area (Å²) in [5.41, 5.74) is 2.54. The van der Waals surface area contributed by atoms with E-state index in [0.717, 1.165) is 55.4 Å². The van der Waals surface area contributed by atoms with Crippen molar-refractivity contribution >= 4 is 0 Å². The molecule has 3 aliphatic carbocycles. The predicted octanol–water partition coefficient (Wildman–Crippen LogP) is 8.75. The summed E-state index contributed by atoms with van der Waals surface area (Å²) in [4.78, 5) is 0. The second-order valence-electron chi connectivity index (χ2n) is 11.0. The molecule has 0 amide bonds. The van der Waals surface area contributed by atoms with Crippen molar-refractivity contribution in [3.05, 3.63) is 34.4 Å². The van der Waals surface area contributed by atoms with E-state index >= 15 is 8.78 Å². The van der Waals surface area contributed by atoms with Gasteiger partial charge in [0.2, 0.25) is 0 Å². The molecule has 5 unspecified atom stereocenters. The van der Waals surface area contributed by atoms with Gasteiger partial charge in [0, 0.05) is 0 Å². The Morgan fingerprint density at radius 1 is 0.867 bits per heavy atom. The second-order valence-corrected chi connectivity index (χ2v) is 11.0. The van der Waals surface area contributed by atoms with Crippen LogP contribution in [0.3, 0.4) is 0 Å². The second kappa shape index (κ2) is 10.1. The van der Waals surface area contributed by atoms with E-state index in [1.807, 2.05) is 0 Å². The van der Waals surface area contributed by atoms with Gasteiger partial charge >= 0.3 is 0 Å². The molecule has 0 bridgehead atoms. The lowest BCUT2D eigenvalue weighted by atomic mass is 9.64. The average Bonchev–Trinajstić information content (AvgIpc) is 2.76. The molecule has 2 fully saturated rings. The number of unbranched alkanes of at least 4 members (excludes halogenated alkanes) is 4. The van der Waals surface area contributed by atoms with Gasteiger partial charge in [-0.05, 0) is 97.6 Å².